The van der Waals surface area contributed by atoms with Gasteiger partial charge in [-0.05, 0) is 48.0 Å². The van der Waals surface area contributed by atoms with Crippen LogP contribution in [0.3, 0.4) is 0 Å². The fourth-order valence-electron chi connectivity index (χ4n) is 3.63. The van der Waals surface area contributed by atoms with Crippen LogP contribution in [-0.2, 0) is 14.3 Å². The zero-order valence-corrected chi connectivity index (χ0v) is 21.4. The number of hydrogen-bond donors (Lipinski definition) is 2. The van der Waals surface area contributed by atoms with Crippen molar-refractivity contribution >= 4 is 40.9 Å². The molecule has 0 saturated heterocycles. The van der Waals surface area contributed by atoms with Crippen molar-refractivity contribution in [3.63, 3.8) is 0 Å². The first kappa shape index (κ1) is 26.5. The monoisotopic (exact) mass is 526 g/mol. The molecule has 0 aliphatic carbocycles. The molecule has 38 heavy (non-hydrogen) atoms. The van der Waals surface area contributed by atoms with Crippen molar-refractivity contribution in [1.82, 2.24) is 0 Å². The van der Waals surface area contributed by atoms with Crippen LogP contribution in [-0.4, -0.2) is 31.5 Å². The number of para-hydroxylation sites is 2. The summed E-state index contributed by atoms with van der Waals surface area (Å²) < 4.78 is 10.4. The van der Waals surface area contributed by atoms with Crippen molar-refractivity contribution in [3.8, 4) is 5.75 Å². The lowest BCUT2D eigenvalue weighted by molar-refractivity contribution is -0.118. The number of nitrogens with one attached hydrogen (secondary N) is 2. The van der Waals surface area contributed by atoms with Crippen LogP contribution in [0, 0.1) is 0 Å². The predicted octanol–water partition coefficient (Wildman–Crippen LogP) is 5.96. The molecule has 0 saturated carbocycles. The van der Waals surface area contributed by atoms with Crippen LogP contribution in [0.25, 0.3) is 0 Å². The number of hydrogen-bond acceptors (Lipinski definition) is 6. The van der Waals surface area contributed by atoms with Gasteiger partial charge in [-0.3, -0.25) is 9.59 Å². The van der Waals surface area contributed by atoms with Crippen molar-refractivity contribution in [2.45, 2.75) is 10.1 Å². The van der Waals surface area contributed by atoms with E-state index in [2.05, 4.69) is 10.6 Å². The zero-order chi connectivity index (χ0) is 26.7. The van der Waals surface area contributed by atoms with Crippen LogP contribution in [0.2, 0.25) is 0 Å². The fraction of sp³-hybridized carbons (Fsp3) is 0.100. The maximum atomic E-state index is 13.5. The Hall–Kier alpha value is -4.56. The van der Waals surface area contributed by atoms with Gasteiger partial charge in [0.1, 0.15) is 11.0 Å². The second kappa shape index (κ2) is 13.1. The lowest BCUT2D eigenvalue weighted by Crippen LogP contribution is -2.21. The Morgan fingerprint density at radius 1 is 0.789 bits per heavy atom. The third-order valence-electron chi connectivity index (χ3n) is 5.42. The summed E-state index contributed by atoms with van der Waals surface area (Å²) in [7, 11) is 1.29. The molecule has 7 nitrogen and oxygen atoms in total. The second-order valence-corrected chi connectivity index (χ2v) is 9.29. The minimum absolute atomic E-state index is 0.129. The largest absolute Gasteiger partial charge is 0.484 e. The van der Waals surface area contributed by atoms with E-state index in [-0.39, 0.29) is 24.0 Å². The van der Waals surface area contributed by atoms with Crippen LogP contribution in [0.15, 0.2) is 114 Å². The van der Waals surface area contributed by atoms with Gasteiger partial charge in [0.05, 0.1) is 18.4 Å². The van der Waals surface area contributed by atoms with Gasteiger partial charge >= 0.3 is 5.97 Å². The topological polar surface area (TPSA) is 93.7 Å². The maximum Gasteiger partial charge on any atom is 0.339 e. The number of anilines is 2. The van der Waals surface area contributed by atoms with Crippen LogP contribution in [0.4, 0.5) is 11.4 Å². The number of amides is 2. The van der Waals surface area contributed by atoms with E-state index in [1.165, 1.54) is 18.9 Å². The van der Waals surface area contributed by atoms with E-state index in [0.29, 0.717) is 17.1 Å². The highest BCUT2D eigenvalue weighted by atomic mass is 32.2. The average molecular weight is 527 g/mol. The standard InChI is InChI=1S/C30H26N2O5S/c1-36-30(35)25-17-8-9-18-26(25)32-29(34)28(21-11-4-2-5-12-21)38-24-16-10-13-22(19-24)31-27(33)20-37-23-14-6-3-7-15-23/h2-19,28H,20H2,1H3,(H,31,33)(H,32,34). The molecule has 4 aromatic carbocycles. The van der Waals surface area contributed by atoms with Gasteiger partial charge in [-0.15, -0.1) is 11.8 Å². The molecular formula is C30H26N2O5S. The van der Waals surface area contributed by atoms with E-state index in [9.17, 15) is 14.4 Å². The summed E-state index contributed by atoms with van der Waals surface area (Å²) in [5, 5.41) is 5.08. The number of rotatable bonds is 10. The molecule has 0 fully saturated rings. The smallest absolute Gasteiger partial charge is 0.339 e. The normalized spacial score (nSPS) is 11.2. The lowest BCUT2D eigenvalue weighted by atomic mass is 10.1. The Morgan fingerprint density at radius 2 is 1.47 bits per heavy atom. The lowest BCUT2D eigenvalue weighted by Gasteiger charge is -2.18. The molecule has 2 amide bonds. The minimum atomic E-state index is -0.630. The Kier molecular flexibility index (Phi) is 9.15. The van der Waals surface area contributed by atoms with Crippen LogP contribution < -0.4 is 15.4 Å². The van der Waals surface area contributed by atoms with Crippen molar-refractivity contribution in [2.24, 2.45) is 0 Å². The molecule has 2 N–H and O–H groups in total. The van der Waals surface area contributed by atoms with E-state index < -0.39 is 11.2 Å². The van der Waals surface area contributed by atoms with E-state index in [0.717, 1.165) is 10.5 Å². The Labute approximate surface area is 225 Å². The van der Waals surface area contributed by atoms with E-state index in [1.807, 2.05) is 60.7 Å². The predicted molar refractivity (Wildman–Crippen MR) is 148 cm³/mol. The van der Waals surface area contributed by atoms with Crippen molar-refractivity contribution < 1.29 is 23.9 Å². The quantitative estimate of drug-likeness (QED) is 0.196. The number of carbonyl (C=O) groups excluding carboxylic acids is 3. The number of esters is 1. The van der Waals surface area contributed by atoms with Crippen molar-refractivity contribution in [1.29, 1.82) is 0 Å². The molecule has 4 rings (SSSR count). The number of methoxy groups -OCH3 is 1. The SMILES string of the molecule is COC(=O)c1ccccc1NC(=O)C(Sc1cccc(NC(=O)COc2ccccc2)c1)c1ccccc1. The highest BCUT2D eigenvalue weighted by molar-refractivity contribution is 8.00. The third-order valence-corrected chi connectivity index (χ3v) is 6.66. The van der Waals surface area contributed by atoms with Gasteiger partial charge in [-0.1, -0.05) is 66.7 Å². The molecule has 1 atom stereocenters. The summed E-state index contributed by atoms with van der Waals surface area (Å²) in [5.74, 6) is -0.530. The molecule has 4 aromatic rings. The first-order chi connectivity index (χ1) is 18.5. The van der Waals surface area contributed by atoms with Crippen LogP contribution in [0.1, 0.15) is 21.2 Å². The fourth-order valence-corrected chi connectivity index (χ4v) is 4.71. The van der Waals surface area contributed by atoms with E-state index in [1.54, 1.807) is 48.5 Å². The summed E-state index contributed by atoms with van der Waals surface area (Å²) in [6.07, 6.45) is 0. The van der Waals surface area contributed by atoms with Gasteiger partial charge in [0, 0.05) is 10.6 Å². The molecule has 0 heterocycles. The van der Waals surface area contributed by atoms with E-state index >= 15 is 0 Å². The average Bonchev–Trinajstić information content (AvgIpc) is 2.96. The molecule has 0 aliphatic heterocycles. The molecule has 0 spiro atoms. The van der Waals surface area contributed by atoms with Gasteiger partial charge in [-0.2, -0.15) is 0 Å². The van der Waals surface area contributed by atoms with Gasteiger partial charge < -0.3 is 20.1 Å². The Morgan fingerprint density at radius 3 is 2.21 bits per heavy atom. The molecule has 192 valence electrons. The summed E-state index contributed by atoms with van der Waals surface area (Å²) in [5.41, 5.74) is 2.00. The molecular weight excluding hydrogens is 500 g/mol. The van der Waals surface area contributed by atoms with Crippen LogP contribution in [0.5, 0.6) is 5.75 Å². The molecule has 0 radical (unpaired) electrons. The van der Waals surface area contributed by atoms with Gasteiger partial charge in [0.15, 0.2) is 6.61 Å². The van der Waals surface area contributed by atoms with Crippen molar-refractivity contribution in [2.75, 3.05) is 24.4 Å². The first-order valence-electron chi connectivity index (χ1n) is 11.8. The van der Waals surface area contributed by atoms with Gasteiger partial charge in [0.2, 0.25) is 5.91 Å². The first-order valence-corrected chi connectivity index (χ1v) is 12.7. The summed E-state index contributed by atoms with van der Waals surface area (Å²) in [6, 6.07) is 32.4. The van der Waals surface area contributed by atoms with Crippen molar-refractivity contribution in [3.05, 3.63) is 120 Å². The summed E-state index contributed by atoms with van der Waals surface area (Å²) >= 11 is 1.33. The van der Waals surface area contributed by atoms with Gasteiger partial charge in [0.25, 0.3) is 5.91 Å². The Bertz CT molecular complexity index is 1400. The summed E-state index contributed by atoms with van der Waals surface area (Å²) in [4.78, 5) is 38.9. The Balaban J connectivity index is 1.49. The number of benzene rings is 4. The highest BCUT2D eigenvalue weighted by Crippen LogP contribution is 2.37. The highest BCUT2D eigenvalue weighted by Gasteiger charge is 2.24. The molecule has 0 bridgehead atoms. The second-order valence-electron chi connectivity index (χ2n) is 8.11. The zero-order valence-electron chi connectivity index (χ0n) is 20.6. The molecule has 0 aliphatic rings. The van der Waals surface area contributed by atoms with Crippen LogP contribution >= 0.6 is 11.8 Å². The molecule has 0 aromatic heterocycles. The van der Waals surface area contributed by atoms with E-state index in [4.69, 9.17) is 9.47 Å². The number of carbonyl (C=O) groups is 3. The molecule has 1 unspecified atom stereocenters. The number of ether oxygens (including phenoxy) is 2. The summed E-state index contributed by atoms with van der Waals surface area (Å²) in [6.45, 7) is -0.129. The minimum Gasteiger partial charge on any atom is -0.484 e. The van der Waals surface area contributed by atoms with Gasteiger partial charge in [-0.25, -0.2) is 4.79 Å². The third kappa shape index (κ3) is 7.24. The molecule has 8 heteroatoms. The maximum absolute atomic E-state index is 13.5. The number of thioether (sulfide) groups is 1.